The Labute approximate surface area is 152 Å². The SMILES string of the molecule is COCc1nc(NCCn2c(C)cc(C)nc2=O)cc(C2CCOC2)n1. The summed E-state index contributed by atoms with van der Waals surface area (Å²) in [5, 5.41) is 3.29. The molecule has 1 unspecified atom stereocenters. The van der Waals surface area contributed by atoms with Crippen LogP contribution < -0.4 is 11.0 Å². The molecule has 0 radical (unpaired) electrons. The molecule has 3 rings (SSSR count). The lowest BCUT2D eigenvalue weighted by Crippen LogP contribution is -2.28. The van der Waals surface area contributed by atoms with Gasteiger partial charge in [0.1, 0.15) is 12.4 Å². The van der Waals surface area contributed by atoms with Crippen LogP contribution in [0.2, 0.25) is 0 Å². The van der Waals surface area contributed by atoms with Gasteiger partial charge in [0, 0.05) is 50.2 Å². The number of methoxy groups -OCH3 is 1. The molecule has 0 spiro atoms. The molecule has 2 aromatic rings. The summed E-state index contributed by atoms with van der Waals surface area (Å²) in [6.07, 6.45) is 0.965. The van der Waals surface area contributed by atoms with E-state index in [1.165, 1.54) is 0 Å². The normalized spacial score (nSPS) is 16.8. The molecule has 0 saturated carbocycles. The van der Waals surface area contributed by atoms with E-state index in [4.69, 9.17) is 9.47 Å². The molecule has 0 bridgehead atoms. The van der Waals surface area contributed by atoms with Gasteiger partial charge in [0.25, 0.3) is 0 Å². The van der Waals surface area contributed by atoms with Gasteiger partial charge in [0.2, 0.25) is 0 Å². The molecule has 0 aromatic carbocycles. The number of ether oxygens (including phenoxy) is 2. The third-order valence-corrected chi connectivity index (χ3v) is 4.40. The van der Waals surface area contributed by atoms with Crippen molar-refractivity contribution in [2.24, 2.45) is 0 Å². The van der Waals surface area contributed by atoms with E-state index in [1.54, 1.807) is 11.7 Å². The predicted octanol–water partition coefficient (Wildman–Crippen LogP) is 1.41. The molecular weight excluding hydrogens is 334 g/mol. The third-order valence-electron chi connectivity index (χ3n) is 4.40. The van der Waals surface area contributed by atoms with Gasteiger partial charge in [-0.15, -0.1) is 0 Å². The Morgan fingerprint density at radius 1 is 1.31 bits per heavy atom. The predicted molar refractivity (Wildman–Crippen MR) is 97.4 cm³/mol. The summed E-state index contributed by atoms with van der Waals surface area (Å²) in [7, 11) is 1.63. The summed E-state index contributed by atoms with van der Waals surface area (Å²) in [5.41, 5.74) is 2.38. The minimum absolute atomic E-state index is 0.226. The van der Waals surface area contributed by atoms with Gasteiger partial charge in [-0.3, -0.25) is 4.57 Å². The van der Waals surface area contributed by atoms with Crippen LogP contribution >= 0.6 is 0 Å². The zero-order valence-electron chi connectivity index (χ0n) is 15.5. The van der Waals surface area contributed by atoms with Gasteiger partial charge in [-0.25, -0.2) is 14.8 Å². The fourth-order valence-corrected chi connectivity index (χ4v) is 3.12. The molecule has 1 aliphatic heterocycles. The molecule has 1 N–H and O–H groups in total. The number of hydrogen-bond acceptors (Lipinski definition) is 7. The van der Waals surface area contributed by atoms with Gasteiger partial charge < -0.3 is 14.8 Å². The fraction of sp³-hybridized carbons (Fsp3) is 0.556. The fourth-order valence-electron chi connectivity index (χ4n) is 3.12. The minimum atomic E-state index is -0.226. The molecular formula is C18H25N5O3. The van der Waals surface area contributed by atoms with E-state index in [1.807, 2.05) is 26.0 Å². The van der Waals surface area contributed by atoms with Gasteiger partial charge >= 0.3 is 5.69 Å². The Balaban J connectivity index is 1.71. The molecule has 8 heteroatoms. The molecule has 3 heterocycles. The first-order valence-corrected chi connectivity index (χ1v) is 8.80. The first kappa shape index (κ1) is 18.5. The Kier molecular flexibility index (Phi) is 5.95. The van der Waals surface area contributed by atoms with Crippen molar-refractivity contribution >= 4 is 5.82 Å². The van der Waals surface area contributed by atoms with Crippen molar-refractivity contribution in [1.82, 2.24) is 19.5 Å². The van der Waals surface area contributed by atoms with E-state index in [-0.39, 0.29) is 5.69 Å². The minimum Gasteiger partial charge on any atom is -0.381 e. The van der Waals surface area contributed by atoms with Crippen LogP contribution in [0.15, 0.2) is 16.9 Å². The topological polar surface area (TPSA) is 91.2 Å². The zero-order valence-corrected chi connectivity index (χ0v) is 15.5. The summed E-state index contributed by atoms with van der Waals surface area (Å²) in [6, 6.07) is 3.86. The number of rotatable bonds is 7. The van der Waals surface area contributed by atoms with E-state index in [0.29, 0.717) is 38.0 Å². The first-order valence-electron chi connectivity index (χ1n) is 8.80. The van der Waals surface area contributed by atoms with E-state index >= 15 is 0 Å². The standard InChI is InChI=1S/C18H25N5O3/c1-12-8-13(2)23(18(24)20-12)6-5-19-16-9-15(14-4-7-26-10-14)21-17(22-16)11-25-3/h8-9,14H,4-7,10-11H2,1-3H3,(H,19,21,22). The highest BCUT2D eigenvalue weighted by atomic mass is 16.5. The molecule has 0 amide bonds. The van der Waals surface area contributed by atoms with Crippen molar-refractivity contribution in [2.45, 2.75) is 39.3 Å². The van der Waals surface area contributed by atoms with Crippen LogP contribution in [0.3, 0.4) is 0 Å². The highest BCUT2D eigenvalue weighted by molar-refractivity contribution is 5.37. The van der Waals surface area contributed by atoms with Crippen molar-refractivity contribution in [3.05, 3.63) is 45.5 Å². The van der Waals surface area contributed by atoms with E-state index in [9.17, 15) is 4.79 Å². The van der Waals surface area contributed by atoms with Crippen molar-refractivity contribution in [2.75, 3.05) is 32.2 Å². The second kappa shape index (κ2) is 8.37. The van der Waals surface area contributed by atoms with Crippen molar-refractivity contribution in [1.29, 1.82) is 0 Å². The van der Waals surface area contributed by atoms with Crippen LogP contribution in [0.25, 0.3) is 0 Å². The number of nitrogens with one attached hydrogen (secondary N) is 1. The summed E-state index contributed by atoms with van der Waals surface area (Å²) < 4.78 is 12.3. The molecule has 1 fully saturated rings. The van der Waals surface area contributed by atoms with E-state index < -0.39 is 0 Å². The lowest BCUT2D eigenvalue weighted by Gasteiger charge is -2.14. The summed E-state index contributed by atoms with van der Waals surface area (Å²) in [5.74, 6) is 1.67. The van der Waals surface area contributed by atoms with Crippen LogP contribution in [-0.4, -0.2) is 46.4 Å². The molecule has 8 nitrogen and oxygen atoms in total. The largest absolute Gasteiger partial charge is 0.381 e. The van der Waals surface area contributed by atoms with Gasteiger partial charge in [-0.2, -0.15) is 4.98 Å². The highest BCUT2D eigenvalue weighted by Gasteiger charge is 2.20. The average molecular weight is 359 g/mol. The van der Waals surface area contributed by atoms with E-state index in [0.717, 1.165) is 35.9 Å². The molecule has 1 atom stereocenters. The van der Waals surface area contributed by atoms with Gasteiger partial charge in [0.05, 0.1) is 12.3 Å². The Bertz CT molecular complexity index is 815. The van der Waals surface area contributed by atoms with Crippen molar-refractivity contribution < 1.29 is 9.47 Å². The second-order valence-corrected chi connectivity index (χ2v) is 6.49. The molecule has 2 aromatic heterocycles. The molecule has 0 aliphatic carbocycles. The Morgan fingerprint density at radius 3 is 2.85 bits per heavy atom. The number of nitrogens with zero attached hydrogens (tertiary/aromatic N) is 4. The smallest absolute Gasteiger partial charge is 0.348 e. The molecule has 1 aliphatic rings. The van der Waals surface area contributed by atoms with E-state index in [2.05, 4.69) is 20.3 Å². The summed E-state index contributed by atoms with van der Waals surface area (Å²) >= 11 is 0. The highest BCUT2D eigenvalue weighted by Crippen LogP contribution is 2.25. The van der Waals surface area contributed by atoms with Crippen molar-refractivity contribution in [3.63, 3.8) is 0 Å². The maximum absolute atomic E-state index is 12.0. The van der Waals surface area contributed by atoms with Gasteiger partial charge in [-0.05, 0) is 26.3 Å². The maximum Gasteiger partial charge on any atom is 0.348 e. The Morgan fingerprint density at radius 2 is 2.15 bits per heavy atom. The average Bonchev–Trinajstić information content (AvgIpc) is 3.12. The molecule has 1 saturated heterocycles. The van der Waals surface area contributed by atoms with Crippen LogP contribution in [0, 0.1) is 13.8 Å². The number of anilines is 1. The van der Waals surface area contributed by atoms with Crippen LogP contribution in [-0.2, 0) is 22.6 Å². The third kappa shape index (κ3) is 4.44. The van der Waals surface area contributed by atoms with Crippen LogP contribution in [0.5, 0.6) is 0 Å². The molecule has 140 valence electrons. The summed E-state index contributed by atoms with van der Waals surface area (Å²) in [4.78, 5) is 25.1. The molecule has 26 heavy (non-hydrogen) atoms. The lowest BCUT2D eigenvalue weighted by molar-refractivity contribution is 0.177. The van der Waals surface area contributed by atoms with Crippen LogP contribution in [0.1, 0.15) is 35.2 Å². The summed E-state index contributed by atoms with van der Waals surface area (Å²) in [6.45, 7) is 6.63. The van der Waals surface area contributed by atoms with Gasteiger partial charge in [-0.1, -0.05) is 0 Å². The van der Waals surface area contributed by atoms with Crippen LogP contribution in [0.4, 0.5) is 5.82 Å². The maximum atomic E-state index is 12.0. The van der Waals surface area contributed by atoms with Gasteiger partial charge in [0.15, 0.2) is 5.82 Å². The number of aromatic nitrogens is 4. The Hall–Kier alpha value is -2.32. The quantitative estimate of drug-likeness (QED) is 0.799. The monoisotopic (exact) mass is 359 g/mol. The second-order valence-electron chi connectivity index (χ2n) is 6.49. The lowest BCUT2D eigenvalue weighted by atomic mass is 10.0. The number of aryl methyl sites for hydroxylation is 2. The van der Waals surface area contributed by atoms with Crippen molar-refractivity contribution in [3.8, 4) is 0 Å². The zero-order chi connectivity index (χ0) is 18.5. The first-order chi connectivity index (χ1) is 12.6. The number of hydrogen-bond donors (Lipinski definition) is 1.